The van der Waals surface area contributed by atoms with Crippen molar-refractivity contribution in [1.82, 2.24) is 5.43 Å². The van der Waals surface area contributed by atoms with Crippen LogP contribution >= 0.6 is 0 Å². The smallest absolute Gasteiger partial charge is 0.269 e. The minimum absolute atomic E-state index is 0.00160. The number of carbonyl (C=O) groups is 1. The maximum Gasteiger partial charge on any atom is 0.269 e. The second-order valence-corrected chi connectivity index (χ2v) is 4.75. The van der Waals surface area contributed by atoms with Crippen molar-refractivity contribution in [3.63, 3.8) is 0 Å². The molecule has 22 heavy (non-hydrogen) atoms. The Hall–Kier alpha value is -3.02. The van der Waals surface area contributed by atoms with Crippen LogP contribution in [0.5, 0.6) is 0 Å². The van der Waals surface area contributed by atoms with Gasteiger partial charge in [0.2, 0.25) is 5.91 Å². The molecule has 0 aliphatic heterocycles. The fourth-order valence-corrected chi connectivity index (χ4v) is 1.87. The number of nitrogens with zero attached hydrogens (tertiary/aromatic N) is 2. The average molecular weight is 297 g/mol. The molecular formula is C16H15N3O3. The molecule has 2 rings (SSSR count). The fourth-order valence-electron chi connectivity index (χ4n) is 1.87. The molecule has 0 spiro atoms. The molecule has 0 saturated carbocycles. The molecule has 1 N–H and O–H groups in total. The van der Waals surface area contributed by atoms with Gasteiger partial charge in [0.05, 0.1) is 17.6 Å². The van der Waals surface area contributed by atoms with Gasteiger partial charge < -0.3 is 0 Å². The summed E-state index contributed by atoms with van der Waals surface area (Å²) in [5, 5.41) is 14.5. The topological polar surface area (TPSA) is 84.6 Å². The van der Waals surface area contributed by atoms with E-state index in [0.717, 1.165) is 11.1 Å². The number of amides is 1. The van der Waals surface area contributed by atoms with Crippen molar-refractivity contribution >= 4 is 17.8 Å². The first kappa shape index (κ1) is 15.4. The van der Waals surface area contributed by atoms with E-state index in [0.29, 0.717) is 5.56 Å². The van der Waals surface area contributed by atoms with E-state index < -0.39 is 4.92 Å². The van der Waals surface area contributed by atoms with Gasteiger partial charge in [-0.25, -0.2) is 5.43 Å². The van der Waals surface area contributed by atoms with Crippen LogP contribution in [-0.2, 0) is 11.2 Å². The quantitative estimate of drug-likeness (QED) is 0.523. The summed E-state index contributed by atoms with van der Waals surface area (Å²) >= 11 is 0. The van der Waals surface area contributed by atoms with Crippen LogP contribution in [0.3, 0.4) is 0 Å². The number of carbonyl (C=O) groups excluding carboxylic acids is 1. The number of hydrogen-bond acceptors (Lipinski definition) is 4. The van der Waals surface area contributed by atoms with Crippen molar-refractivity contribution in [3.05, 3.63) is 75.3 Å². The Morgan fingerprint density at radius 1 is 1.23 bits per heavy atom. The van der Waals surface area contributed by atoms with Crippen LogP contribution in [0.15, 0.2) is 53.6 Å². The van der Waals surface area contributed by atoms with E-state index >= 15 is 0 Å². The number of benzene rings is 2. The highest BCUT2D eigenvalue weighted by Crippen LogP contribution is 2.12. The van der Waals surface area contributed by atoms with Gasteiger partial charge in [-0.15, -0.1) is 0 Å². The van der Waals surface area contributed by atoms with Crippen molar-refractivity contribution in [1.29, 1.82) is 0 Å². The second kappa shape index (κ2) is 7.12. The second-order valence-electron chi connectivity index (χ2n) is 4.75. The zero-order valence-electron chi connectivity index (χ0n) is 12.0. The summed E-state index contributed by atoms with van der Waals surface area (Å²) in [5.74, 6) is -0.279. The Morgan fingerprint density at radius 2 is 1.91 bits per heavy atom. The van der Waals surface area contributed by atoms with Crippen molar-refractivity contribution in [2.24, 2.45) is 5.10 Å². The summed E-state index contributed by atoms with van der Waals surface area (Å²) in [6.07, 6.45) is 1.70. The highest BCUT2D eigenvalue weighted by Gasteiger charge is 2.06. The van der Waals surface area contributed by atoms with Crippen LogP contribution < -0.4 is 5.43 Å². The molecular weight excluding hydrogens is 282 g/mol. The lowest BCUT2D eigenvalue weighted by Crippen LogP contribution is -2.19. The minimum atomic E-state index is -0.476. The van der Waals surface area contributed by atoms with Crippen molar-refractivity contribution in [2.45, 2.75) is 13.3 Å². The predicted molar refractivity (Wildman–Crippen MR) is 83.7 cm³/mol. The lowest BCUT2D eigenvalue weighted by molar-refractivity contribution is -0.384. The van der Waals surface area contributed by atoms with Gasteiger partial charge in [0.25, 0.3) is 5.69 Å². The summed E-state index contributed by atoms with van der Waals surface area (Å²) in [6, 6.07) is 13.6. The number of nitrogens with one attached hydrogen (secondary N) is 1. The summed E-state index contributed by atoms with van der Waals surface area (Å²) in [7, 11) is 0. The predicted octanol–water partition coefficient (Wildman–Crippen LogP) is 2.60. The van der Waals surface area contributed by atoms with E-state index in [4.69, 9.17) is 0 Å². The number of nitro groups is 1. The third kappa shape index (κ3) is 4.24. The molecule has 6 nitrogen and oxygen atoms in total. The van der Waals surface area contributed by atoms with Gasteiger partial charge in [-0.1, -0.05) is 36.4 Å². The number of hydrogen-bond donors (Lipinski definition) is 1. The van der Waals surface area contributed by atoms with E-state index in [1.54, 1.807) is 18.3 Å². The zero-order valence-corrected chi connectivity index (χ0v) is 12.0. The van der Waals surface area contributed by atoms with Gasteiger partial charge in [-0.05, 0) is 23.6 Å². The maximum atomic E-state index is 11.7. The summed E-state index contributed by atoms with van der Waals surface area (Å²) in [4.78, 5) is 21.8. The van der Waals surface area contributed by atoms with Gasteiger partial charge in [0, 0.05) is 12.1 Å². The first-order valence-electron chi connectivity index (χ1n) is 6.67. The van der Waals surface area contributed by atoms with Crippen LogP contribution in [0.25, 0.3) is 0 Å². The number of rotatable bonds is 5. The lowest BCUT2D eigenvalue weighted by Gasteiger charge is -2.01. The molecule has 0 aliphatic carbocycles. The van der Waals surface area contributed by atoms with Gasteiger partial charge in [-0.2, -0.15) is 5.10 Å². The highest BCUT2D eigenvalue weighted by atomic mass is 16.6. The van der Waals surface area contributed by atoms with Gasteiger partial charge in [0.1, 0.15) is 0 Å². The lowest BCUT2D eigenvalue weighted by atomic mass is 10.1. The van der Waals surface area contributed by atoms with Crippen molar-refractivity contribution in [3.8, 4) is 0 Å². The Balaban J connectivity index is 1.90. The molecule has 0 aliphatic rings. The minimum Gasteiger partial charge on any atom is -0.273 e. The molecule has 2 aromatic carbocycles. The molecule has 0 heterocycles. The SMILES string of the molecule is Cc1ccccc1/C=N/NC(=O)Cc1ccc([N+](=O)[O-])cc1. The molecule has 0 atom stereocenters. The van der Waals surface area contributed by atoms with Crippen molar-refractivity contribution in [2.75, 3.05) is 0 Å². The monoisotopic (exact) mass is 297 g/mol. The molecule has 0 saturated heterocycles. The van der Waals surface area contributed by atoms with Gasteiger partial charge in [0.15, 0.2) is 0 Å². The standard InChI is InChI=1S/C16H15N3O3/c1-12-4-2-3-5-14(12)11-17-18-16(20)10-13-6-8-15(9-7-13)19(21)22/h2-9,11H,10H2,1H3,(H,18,20)/b17-11+. The molecule has 0 fully saturated rings. The third-order valence-electron chi connectivity index (χ3n) is 3.09. The van der Waals surface area contributed by atoms with E-state index in [1.807, 2.05) is 31.2 Å². The van der Waals surface area contributed by atoms with Crippen LogP contribution in [-0.4, -0.2) is 17.0 Å². The molecule has 1 amide bonds. The first-order chi connectivity index (χ1) is 10.6. The molecule has 0 radical (unpaired) electrons. The largest absolute Gasteiger partial charge is 0.273 e. The normalized spacial score (nSPS) is 10.6. The van der Waals surface area contributed by atoms with Gasteiger partial charge in [-0.3, -0.25) is 14.9 Å². The van der Waals surface area contributed by atoms with Crippen molar-refractivity contribution < 1.29 is 9.72 Å². The van der Waals surface area contributed by atoms with Crippen LogP contribution in [0.1, 0.15) is 16.7 Å². The first-order valence-corrected chi connectivity index (χ1v) is 6.67. The van der Waals surface area contributed by atoms with Crippen LogP contribution in [0, 0.1) is 17.0 Å². The average Bonchev–Trinajstić information content (AvgIpc) is 2.50. The number of non-ortho nitro benzene ring substituents is 1. The van der Waals surface area contributed by atoms with Gasteiger partial charge >= 0.3 is 0 Å². The Kier molecular flexibility index (Phi) is 4.98. The van der Waals surface area contributed by atoms with E-state index in [-0.39, 0.29) is 18.0 Å². The Bertz CT molecular complexity index is 709. The van der Waals surface area contributed by atoms with Crippen LogP contribution in [0.2, 0.25) is 0 Å². The highest BCUT2D eigenvalue weighted by molar-refractivity contribution is 5.84. The number of nitro benzene ring substituents is 1. The summed E-state index contributed by atoms with van der Waals surface area (Å²) in [6.45, 7) is 1.96. The number of aryl methyl sites for hydroxylation is 1. The summed E-state index contributed by atoms with van der Waals surface area (Å²) < 4.78 is 0. The van der Waals surface area contributed by atoms with E-state index in [2.05, 4.69) is 10.5 Å². The number of hydrazone groups is 1. The molecule has 112 valence electrons. The molecule has 0 bridgehead atoms. The zero-order chi connectivity index (χ0) is 15.9. The summed E-state index contributed by atoms with van der Waals surface area (Å²) in [5.41, 5.74) is 5.13. The molecule has 0 unspecified atom stereocenters. The molecule has 0 aromatic heterocycles. The molecule has 2 aromatic rings. The Morgan fingerprint density at radius 3 is 2.55 bits per heavy atom. The van der Waals surface area contributed by atoms with E-state index in [1.165, 1.54) is 12.1 Å². The van der Waals surface area contributed by atoms with E-state index in [9.17, 15) is 14.9 Å². The maximum absolute atomic E-state index is 11.7. The molecule has 6 heteroatoms. The van der Waals surface area contributed by atoms with Crippen LogP contribution in [0.4, 0.5) is 5.69 Å². The third-order valence-corrected chi connectivity index (χ3v) is 3.09. The fraction of sp³-hybridized carbons (Fsp3) is 0.125. The Labute approximate surface area is 127 Å².